The Balaban J connectivity index is 1.47. The number of ether oxygens (including phenoxy) is 4. The number of rotatable bonds is 8. The maximum atomic E-state index is 14.6. The zero-order valence-corrected chi connectivity index (χ0v) is 21.1. The van der Waals surface area contributed by atoms with Crippen LogP contribution in [0.3, 0.4) is 0 Å². The third-order valence-electron chi connectivity index (χ3n) is 7.14. The number of benzene rings is 3. The lowest BCUT2D eigenvalue weighted by Gasteiger charge is -2.29. The largest absolute Gasteiger partial charge is 0.573 e. The van der Waals surface area contributed by atoms with E-state index in [0.717, 1.165) is 30.5 Å². The molecule has 1 aliphatic carbocycles. The fourth-order valence-electron chi connectivity index (χ4n) is 5.05. The van der Waals surface area contributed by atoms with Crippen molar-refractivity contribution in [1.29, 1.82) is 0 Å². The van der Waals surface area contributed by atoms with Gasteiger partial charge in [0.15, 0.2) is 17.6 Å². The van der Waals surface area contributed by atoms with Gasteiger partial charge < -0.3 is 24.1 Å². The van der Waals surface area contributed by atoms with Gasteiger partial charge in [-0.25, -0.2) is 4.39 Å². The number of methoxy groups -OCH3 is 1. The summed E-state index contributed by atoms with van der Waals surface area (Å²) in [4.78, 5) is 11.7. The molecule has 2 aliphatic rings. The zero-order valence-electron chi connectivity index (χ0n) is 21.1. The van der Waals surface area contributed by atoms with Gasteiger partial charge in [-0.3, -0.25) is 4.79 Å². The number of hydrogen-bond acceptors (Lipinski definition) is 5. The second-order valence-electron chi connectivity index (χ2n) is 9.76. The molecule has 3 aromatic rings. The van der Waals surface area contributed by atoms with Crippen LogP contribution in [0.5, 0.6) is 23.0 Å². The smallest absolute Gasteiger partial charge is 0.497 e. The molecule has 5 rings (SSSR count). The van der Waals surface area contributed by atoms with E-state index in [0.29, 0.717) is 17.1 Å². The fourth-order valence-corrected chi connectivity index (χ4v) is 5.05. The van der Waals surface area contributed by atoms with Gasteiger partial charge in [0.2, 0.25) is 0 Å². The Hall–Kier alpha value is -3.95. The summed E-state index contributed by atoms with van der Waals surface area (Å²) in [5, 5.41) is 9.60. The number of fused-ring (bicyclic) bond motifs is 1. The number of hydrogen-bond donors (Lipinski definition) is 1. The Morgan fingerprint density at radius 1 is 1.03 bits per heavy atom. The topological polar surface area (TPSA) is 74.2 Å². The lowest BCUT2D eigenvalue weighted by Crippen LogP contribution is -2.24. The van der Waals surface area contributed by atoms with E-state index in [4.69, 9.17) is 14.2 Å². The van der Waals surface area contributed by atoms with Crippen molar-refractivity contribution < 1.29 is 46.4 Å². The third kappa shape index (κ3) is 5.74. The molecule has 206 valence electrons. The highest BCUT2D eigenvalue weighted by atomic mass is 19.4. The van der Waals surface area contributed by atoms with E-state index in [1.54, 1.807) is 19.1 Å². The van der Waals surface area contributed by atoms with Crippen molar-refractivity contribution in [3.05, 3.63) is 71.5 Å². The summed E-state index contributed by atoms with van der Waals surface area (Å²) < 4.78 is 76.0. The van der Waals surface area contributed by atoms with Crippen LogP contribution in [-0.2, 0) is 4.79 Å². The molecule has 1 heterocycles. The van der Waals surface area contributed by atoms with Gasteiger partial charge in [0.05, 0.1) is 13.0 Å². The first-order valence-corrected chi connectivity index (χ1v) is 12.4. The van der Waals surface area contributed by atoms with Gasteiger partial charge in [-0.1, -0.05) is 25.1 Å². The van der Waals surface area contributed by atoms with Crippen LogP contribution < -0.4 is 18.9 Å². The number of carboxylic acids is 1. The van der Waals surface area contributed by atoms with Crippen LogP contribution in [-0.4, -0.2) is 31.2 Å². The Kier molecular flexibility index (Phi) is 7.05. The van der Waals surface area contributed by atoms with Gasteiger partial charge in [0.25, 0.3) is 0 Å². The number of aliphatic carboxylic acids is 1. The van der Waals surface area contributed by atoms with Crippen LogP contribution in [0.15, 0.2) is 54.6 Å². The first kappa shape index (κ1) is 26.6. The molecule has 3 aromatic carbocycles. The van der Waals surface area contributed by atoms with Crippen molar-refractivity contribution in [2.45, 2.75) is 38.1 Å². The monoisotopic (exact) mass is 546 g/mol. The van der Waals surface area contributed by atoms with E-state index in [9.17, 15) is 27.5 Å². The summed E-state index contributed by atoms with van der Waals surface area (Å²) >= 11 is 0. The average Bonchev–Trinajstić information content (AvgIpc) is 3.73. The predicted octanol–water partition coefficient (Wildman–Crippen LogP) is 7.13. The first-order valence-electron chi connectivity index (χ1n) is 12.4. The van der Waals surface area contributed by atoms with Crippen molar-refractivity contribution in [2.24, 2.45) is 11.8 Å². The normalized spacial score (nSPS) is 18.3. The number of halogens is 4. The van der Waals surface area contributed by atoms with Crippen LogP contribution in [0.25, 0.3) is 11.1 Å². The summed E-state index contributed by atoms with van der Waals surface area (Å²) in [5.74, 6) is -1.66. The SMILES string of the molecule is COc1ccc(F)c(-c2ccc(C3COc4ccc(C(C5CC5)C(C)C(=O)O)cc4O3)cc2OC(F)(F)F)c1. The fraction of sp³-hybridized carbons (Fsp3) is 0.345. The Labute approximate surface area is 222 Å². The van der Waals surface area contributed by atoms with Crippen molar-refractivity contribution >= 4 is 5.97 Å². The van der Waals surface area contributed by atoms with E-state index in [1.807, 2.05) is 6.07 Å². The van der Waals surface area contributed by atoms with Gasteiger partial charge in [0, 0.05) is 11.1 Å². The lowest BCUT2D eigenvalue weighted by atomic mass is 9.83. The highest BCUT2D eigenvalue weighted by Gasteiger charge is 2.39. The Morgan fingerprint density at radius 3 is 2.46 bits per heavy atom. The Morgan fingerprint density at radius 2 is 1.79 bits per heavy atom. The minimum Gasteiger partial charge on any atom is -0.497 e. The summed E-state index contributed by atoms with van der Waals surface area (Å²) in [6.45, 7) is 1.70. The minimum atomic E-state index is -5.02. The number of carbonyl (C=O) groups is 1. The van der Waals surface area contributed by atoms with Crippen LogP contribution in [0.4, 0.5) is 17.6 Å². The lowest BCUT2D eigenvalue weighted by molar-refractivity contribution is -0.274. The molecule has 1 N–H and O–H groups in total. The summed E-state index contributed by atoms with van der Waals surface area (Å²) in [6, 6.07) is 13.1. The summed E-state index contributed by atoms with van der Waals surface area (Å²) in [5.41, 5.74) is 0.909. The third-order valence-corrected chi connectivity index (χ3v) is 7.14. The molecular weight excluding hydrogens is 520 g/mol. The molecule has 0 aromatic heterocycles. The molecule has 0 saturated heterocycles. The molecule has 0 bridgehead atoms. The van der Waals surface area contributed by atoms with Gasteiger partial charge >= 0.3 is 12.3 Å². The van der Waals surface area contributed by atoms with E-state index in [1.165, 1.54) is 31.4 Å². The molecule has 3 atom stereocenters. The summed E-state index contributed by atoms with van der Waals surface area (Å²) in [7, 11) is 1.37. The average molecular weight is 547 g/mol. The maximum absolute atomic E-state index is 14.6. The minimum absolute atomic E-state index is 0.0161. The highest BCUT2D eigenvalue weighted by Crippen LogP contribution is 2.49. The molecule has 3 unspecified atom stereocenters. The molecule has 0 spiro atoms. The van der Waals surface area contributed by atoms with Crippen LogP contribution in [0.2, 0.25) is 0 Å². The van der Waals surface area contributed by atoms with Crippen LogP contribution in [0, 0.1) is 17.7 Å². The zero-order chi connectivity index (χ0) is 27.9. The van der Waals surface area contributed by atoms with E-state index in [-0.39, 0.29) is 35.3 Å². The standard InChI is InChI=1S/C29H26F4O6/c1-15(28(34)35)27(16-3-4-16)18-6-10-23-25(12-18)38-26(14-37-23)17-5-8-20(24(11-17)39-29(31,32)33)21-13-19(36-2)7-9-22(21)30/h5-13,15-16,26-27H,3-4,14H2,1-2H3,(H,34,35). The molecule has 0 amide bonds. The van der Waals surface area contributed by atoms with Crippen LogP contribution >= 0.6 is 0 Å². The first-order chi connectivity index (χ1) is 18.5. The van der Waals surface area contributed by atoms with Crippen molar-refractivity contribution in [2.75, 3.05) is 13.7 Å². The van der Waals surface area contributed by atoms with Gasteiger partial charge in [-0.15, -0.1) is 13.2 Å². The van der Waals surface area contributed by atoms with Gasteiger partial charge in [-0.2, -0.15) is 0 Å². The van der Waals surface area contributed by atoms with Crippen LogP contribution in [0.1, 0.15) is 42.9 Å². The number of carboxylic acid groups (broad SMARTS) is 1. The quantitative estimate of drug-likeness (QED) is 0.303. The van der Waals surface area contributed by atoms with E-state index < -0.39 is 35.9 Å². The van der Waals surface area contributed by atoms with E-state index >= 15 is 0 Å². The maximum Gasteiger partial charge on any atom is 0.573 e. The van der Waals surface area contributed by atoms with Crippen molar-refractivity contribution in [3.63, 3.8) is 0 Å². The Bertz CT molecular complexity index is 1380. The molecule has 10 heteroatoms. The summed E-state index contributed by atoms with van der Waals surface area (Å²) in [6.07, 6.45) is -3.92. The molecular formula is C29H26F4O6. The highest BCUT2D eigenvalue weighted by molar-refractivity contribution is 5.73. The molecule has 0 radical (unpaired) electrons. The predicted molar refractivity (Wildman–Crippen MR) is 133 cm³/mol. The second kappa shape index (κ2) is 10.3. The molecule has 1 saturated carbocycles. The van der Waals surface area contributed by atoms with Crippen molar-refractivity contribution in [3.8, 4) is 34.1 Å². The molecule has 1 aliphatic heterocycles. The molecule has 1 fully saturated rings. The molecule has 39 heavy (non-hydrogen) atoms. The number of alkyl halides is 3. The van der Waals surface area contributed by atoms with Gasteiger partial charge in [-0.05, 0) is 72.2 Å². The van der Waals surface area contributed by atoms with Gasteiger partial charge in [0.1, 0.15) is 23.9 Å². The molecule has 6 nitrogen and oxygen atoms in total. The second-order valence-corrected chi connectivity index (χ2v) is 9.76. The van der Waals surface area contributed by atoms with E-state index in [2.05, 4.69) is 4.74 Å². The van der Waals surface area contributed by atoms with Crippen molar-refractivity contribution in [1.82, 2.24) is 0 Å².